The van der Waals surface area contributed by atoms with E-state index in [0.717, 1.165) is 0 Å². The maximum absolute atomic E-state index is 13.8. The number of allylic oxidation sites excluding steroid dienone is 1. The number of fused-ring (bicyclic) bond motifs is 1. The standard InChI is InChI=1S/C26H25BrN2O7S/c1-6-36-25(32)21-13(2)28-26-29(22(21)16-12-15(33-3)7-8-18(16)34-4)24(31)20(37-26)11-14-9-17(27)23(30)19(10-14)35-5/h7-12,22,30H,6H2,1-5H3/b20-11+/t22-/m1/s1. The van der Waals surface area contributed by atoms with Crippen LogP contribution in [0.4, 0.5) is 0 Å². The molecule has 0 radical (unpaired) electrons. The lowest BCUT2D eigenvalue weighted by Crippen LogP contribution is -2.40. The number of carbonyl (C=O) groups excluding carboxylic acids is 1. The molecule has 0 saturated carbocycles. The number of aromatic hydroxyl groups is 1. The van der Waals surface area contributed by atoms with Gasteiger partial charge in [-0.3, -0.25) is 9.36 Å². The average Bonchev–Trinajstić information content (AvgIpc) is 3.18. The second-order valence-corrected chi connectivity index (χ2v) is 9.83. The molecule has 3 aromatic rings. The highest BCUT2D eigenvalue weighted by Gasteiger charge is 2.35. The Labute approximate surface area is 225 Å². The Morgan fingerprint density at radius 2 is 1.89 bits per heavy atom. The number of aromatic nitrogens is 1. The second-order valence-electron chi connectivity index (χ2n) is 7.96. The molecule has 0 bridgehead atoms. The van der Waals surface area contributed by atoms with Crippen LogP contribution in [0.15, 0.2) is 55.9 Å². The number of phenolic OH excluding ortho intramolecular Hbond substituents is 1. The van der Waals surface area contributed by atoms with E-state index >= 15 is 0 Å². The van der Waals surface area contributed by atoms with Crippen LogP contribution in [0.1, 0.15) is 31.0 Å². The van der Waals surface area contributed by atoms with E-state index in [4.69, 9.17) is 18.9 Å². The first kappa shape index (κ1) is 26.5. The van der Waals surface area contributed by atoms with Gasteiger partial charge in [-0.25, -0.2) is 9.79 Å². The largest absolute Gasteiger partial charge is 0.503 e. The van der Waals surface area contributed by atoms with Gasteiger partial charge in [0.25, 0.3) is 5.56 Å². The van der Waals surface area contributed by atoms with Crippen LogP contribution in [-0.2, 0) is 9.53 Å². The molecule has 2 heterocycles. The van der Waals surface area contributed by atoms with E-state index in [1.165, 1.54) is 37.2 Å². The maximum atomic E-state index is 13.8. The van der Waals surface area contributed by atoms with E-state index in [0.29, 0.717) is 42.1 Å². The molecule has 4 rings (SSSR count). The molecule has 1 aromatic heterocycles. The van der Waals surface area contributed by atoms with Crippen LogP contribution in [-0.4, -0.2) is 43.6 Å². The van der Waals surface area contributed by atoms with Gasteiger partial charge < -0.3 is 24.1 Å². The molecular formula is C26H25BrN2O7S. The maximum Gasteiger partial charge on any atom is 0.338 e. The smallest absolute Gasteiger partial charge is 0.338 e. The molecule has 1 aliphatic heterocycles. The van der Waals surface area contributed by atoms with Crippen LogP contribution in [0.25, 0.3) is 6.08 Å². The number of hydrogen-bond acceptors (Lipinski definition) is 9. The van der Waals surface area contributed by atoms with Gasteiger partial charge >= 0.3 is 5.97 Å². The summed E-state index contributed by atoms with van der Waals surface area (Å²) in [5, 5.41) is 10.1. The van der Waals surface area contributed by atoms with Gasteiger partial charge in [-0.2, -0.15) is 0 Å². The molecular weight excluding hydrogens is 564 g/mol. The van der Waals surface area contributed by atoms with E-state index in [9.17, 15) is 14.7 Å². The van der Waals surface area contributed by atoms with E-state index in [1.54, 1.807) is 50.3 Å². The number of halogens is 1. The zero-order valence-electron chi connectivity index (χ0n) is 20.8. The predicted molar refractivity (Wildman–Crippen MR) is 142 cm³/mol. The van der Waals surface area contributed by atoms with Gasteiger partial charge in [-0.05, 0) is 71.7 Å². The Bertz CT molecular complexity index is 1590. The Hall–Kier alpha value is -3.57. The lowest BCUT2D eigenvalue weighted by atomic mass is 9.94. The van der Waals surface area contributed by atoms with Gasteiger partial charge in [0, 0.05) is 5.56 Å². The van der Waals surface area contributed by atoms with Crippen molar-refractivity contribution in [3.05, 3.63) is 76.9 Å². The van der Waals surface area contributed by atoms with Crippen molar-refractivity contribution in [2.45, 2.75) is 19.9 Å². The summed E-state index contributed by atoms with van der Waals surface area (Å²) in [4.78, 5) is 32.0. The SMILES string of the molecule is CCOC(=O)C1=C(C)N=c2s/c(=C/c3cc(Br)c(O)c(OC)c3)c(=O)n2[C@@H]1c1cc(OC)ccc1OC. The molecule has 0 amide bonds. The van der Waals surface area contributed by atoms with Gasteiger partial charge in [0.1, 0.15) is 17.5 Å². The first-order chi connectivity index (χ1) is 17.7. The van der Waals surface area contributed by atoms with Gasteiger partial charge in [-0.1, -0.05) is 11.3 Å². The number of benzene rings is 2. The monoisotopic (exact) mass is 588 g/mol. The third-order valence-electron chi connectivity index (χ3n) is 5.82. The number of hydrogen-bond donors (Lipinski definition) is 1. The molecule has 0 spiro atoms. The normalized spacial score (nSPS) is 15.2. The quantitative estimate of drug-likeness (QED) is 0.422. The van der Waals surface area contributed by atoms with Crippen molar-refractivity contribution in [2.24, 2.45) is 4.99 Å². The summed E-state index contributed by atoms with van der Waals surface area (Å²) >= 11 is 4.49. The van der Waals surface area contributed by atoms with Crippen LogP contribution in [0.2, 0.25) is 0 Å². The van der Waals surface area contributed by atoms with Crippen molar-refractivity contribution >= 4 is 39.3 Å². The number of thiazole rings is 1. The minimum atomic E-state index is -0.858. The van der Waals surface area contributed by atoms with Crippen molar-refractivity contribution in [1.82, 2.24) is 4.57 Å². The summed E-state index contributed by atoms with van der Waals surface area (Å²) < 4.78 is 23.9. The van der Waals surface area contributed by atoms with Crippen molar-refractivity contribution in [3.8, 4) is 23.0 Å². The van der Waals surface area contributed by atoms with Crippen LogP contribution in [0.3, 0.4) is 0 Å². The fraction of sp³-hybridized carbons (Fsp3) is 0.269. The highest BCUT2D eigenvalue weighted by Crippen LogP contribution is 2.38. The second kappa shape index (κ2) is 10.8. The van der Waals surface area contributed by atoms with Crippen LogP contribution in [0.5, 0.6) is 23.0 Å². The van der Waals surface area contributed by atoms with Crippen molar-refractivity contribution < 1.29 is 28.8 Å². The van der Waals surface area contributed by atoms with E-state index in [2.05, 4.69) is 20.9 Å². The molecule has 2 aromatic carbocycles. The summed E-state index contributed by atoms with van der Waals surface area (Å²) in [6, 6.07) is 7.64. The van der Waals surface area contributed by atoms with Crippen molar-refractivity contribution in [1.29, 1.82) is 0 Å². The molecule has 0 fully saturated rings. The molecule has 0 saturated heterocycles. The number of nitrogens with zero attached hydrogens (tertiary/aromatic N) is 2. The fourth-order valence-corrected chi connectivity index (χ4v) is 5.63. The Balaban J connectivity index is 2.01. The minimum Gasteiger partial charge on any atom is -0.503 e. The number of phenols is 1. The Kier molecular flexibility index (Phi) is 7.74. The minimum absolute atomic E-state index is 0.0408. The molecule has 9 nitrogen and oxygen atoms in total. The van der Waals surface area contributed by atoms with Crippen LogP contribution in [0, 0.1) is 0 Å². The number of carbonyl (C=O) groups is 1. The predicted octanol–water partition coefficient (Wildman–Crippen LogP) is 3.29. The number of rotatable bonds is 7. The van der Waals surface area contributed by atoms with Crippen LogP contribution < -0.4 is 29.1 Å². The molecule has 0 aliphatic carbocycles. The summed E-state index contributed by atoms with van der Waals surface area (Å²) in [5.41, 5.74) is 1.51. The molecule has 11 heteroatoms. The Morgan fingerprint density at radius 3 is 2.54 bits per heavy atom. The lowest BCUT2D eigenvalue weighted by molar-refractivity contribution is -0.139. The van der Waals surface area contributed by atoms with Gasteiger partial charge in [0.15, 0.2) is 16.3 Å². The molecule has 0 unspecified atom stereocenters. The van der Waals surface area contributed by atoms with Gasteiger partial charge in [0.05, 0.1) is 48.2 Å². The highest BCUT2D eigenvalue weighted by molar-refractivity contribution is 9.10. The zero-order chi connectivity index (χ0) is 26.9. The first-order valence-corrected chi connectivity index (χ1v) is 12.8. The van der Waals surface area contributed by atoms with Crippen molar-refractivity contribution in [2.75, 3.05) is 27.9 Å². The van der Waals surface area contributed by atoms with E-state index in [1.807, 2.05) is 0 Å². The fourth-order valence-electron chi connectivity index (χ4n) is 4.12. The molecule has 37 heavy (non-hydrogen) atoms. The summed E-state index contributed by atoms with van der Waals surface area (Å²) in [5.74, 6) is 0.662. The van der Waals surface area contributed by atoms with E-state index < -0.39 is 12.0 Å². The third-order valence-corrected chi connectivity index (χ3v) is 7.40. The summed E-state index contributed by atoms with van der Waals surface area (Å²) in [7, 11) is 4.50. The first-order valence-electron chi connectivity index (χ1n) is 11.2. The molecule has 1 atom stereocenters. The number of methoxy groups -OCH3 is 3. The highest BCUT2D eigenvalue weighted by atomic mass is 79.9. The number of ether oxygens (including phenoxy) is 4. The molecule has 194 valence electrons. The third kappa shape index (κ3) is 4.88. The van der Waals surface area contributed by atoms with Crippen LogP contribution >= 0.6 is 27.3 Å². The Morgan fingerprint density at radius 1 is 1.16 bits per heavy atom. The summed E-state index contributed by atoms with van der Waals surface area (Å²) in [6.45, 7) is 3.60. The van der Waals surface area contributed by atoms with E-state index in [-0.39, 0.29) is 29.2 Å². The molecule has 1 N–H and O–H groups in total. The lowest BCUT2D eigenvalue weighted by Gasteiger charge is -2.26. The van der Waals surface area contributed by atoms with Crippen molar-refractivity contribution in [3.63, 3.8) is 0 Å². The summed E-state index contributed by atoms with van der Waals surface area (Å²) in [6.07, 6.45) is 1.68. The topological polar surface area (TPSA) is 109 Å². The molecule has 1 aliphatic rings. The van der Waals surface area contributed by atoms with Gasteiger partial charge in [-0.15, -0.1) is 0 Å². The van der Waals surface area contributed by atoms with Gasteiger partial charge in [0.2, 0.25) is 0 Å². The number of esters is 1. The average molecular weight is 589 g/mol. The zero-order valence-corrected chi connectivity index (χ0v) is 23.2.